The number of morpholine rings is 1. The third-order valence-corrected chi connectivity index (χ3v) is 6.45. The number of aryl methyl sites for hydroxylation is 1. The summed E-state index contributed by atoms with van der Waals surface area (Å²) < 4.78 is 17.1. The third kappa shape index (κ3) is 4.13. The van der Waals surface area contributed by atoms with E-state index in [0.717, 1.165) is 24.2 Å². The zero-order valence-electron chi connectivity index (χ0n) is 19.3. The van der Waals surface area contributed by atoms with Gasteiger partial charge in [0.15, 0.2) is 5.43 Å². The quantitative estimate of drug-likeness (QED) is 0.502. The molecule has 2 aromatic carbocycles. The first-order chi connectivity index (χ1) is 16.6. The Balaban J connectivity index is 1.56. The number of amides is 1. The fraction of sp³-hybridized carbons (Fsp3) is 0.333. The first-order valence-corrected chi connectivity index (χ1v) is 11.6. The fourth-order valence-electron chi connectivity index (χ4n) is 4.69. The van der Waals surface area contributed by atoms with E-state index in [4.69, 9.17) is 13.9 Å². The van der Waals surface area contributed by atoms with Crippen LogP contribution in [0.4, 0.5) is 0 Å². The van der Waals surface area contributed by atoms with Crippen LogP contribution in [0.25, 0.3) is 11.0 Å². The number of nitrogens with zero attached hydrogens (tertiary/aromatic N) is 2. The highest BCUT2D eigenvalue weighted by molar-refractivity contribution is 5.99. The van der Waals surface area contributed by atoms with E-state index in [-0.39, 0.29) is 17.1 Å². The van der Waals surface area contributed by atoms with Gasteiger partial charge in [-0.15, -0.1) is 0 Å². The average molecular weight is 461 g/mol. The van der Waals surface area contributed by atoms with Crippen LogP contribution in [-0.2, 0) is 4.74 Å². The second-order valence-electron chi connectivity index (χ2n) is 8.70. The van der Waals surface area contributed by atoms with E-state index >= 15 is 0 Å². The van der Waals surface area contributed by atoms with Crippen molar-refractivity contribution < 1.29 is 18.7 Å². The molecule has 0 bridgehead atoms. The molecule has 0 spiro atoms. The van der Waals surface area contributed by atoms with Gasteiger partial charge < -0.3 is 18.8 Å². The van der Waals surface area contributed by atoms with E-state index in [9.17, 15) is 9.59 Å². The molecule has 176 valence electrons. The second-order valence-corrected chi connectivity index (χ2v) is 8.70. The Hall–Kier alpha value is -3.42. The van der Waals surface area contributed by atoms with Gasteiger partial charge in [0.05, 0.1) is 30.2 Å². The van der Waals surface area contributed by atoms with E-state index in [1.54, 1.807) is 17.0 Å². The molecular weight excluding hydrogens is 432 g/mol. The van der Waals surface area contributed by atoms with Gasteiger partial charge >= 0.3 is 0 Å². The number of benzene rings is 2. The van der Waals surface area contributed by atoms with E-state index in [1.807, 2.05) is 43.3 Å². The third-order valence-electron chi connectivity index (χ3n) is 6.45. The Morgan fingerprint density at radius 1 is 1.09 bits per heavy atom. The van der Waals surface area contributed by atoms with Crippen LogP contribution >= 0.6 is 0 Å². The maximum Gasteiger partial charge on any atom is 0.290 e. The average Bonchev–Trinajstić information content (AvgIpc) is 3.14. The summed E-state index contributed by atoms with van der Waals surface area (Å²) in [6.45, 7) is 10.2. The summed E-state index contributed by atoms with van der Waals surface area (Å²) in [5, 5.41) is 0.498. The maximum absolute atomic E-state index is 13.7. The van der Waals surface area contributed by atoms with Crippen LogP contribution in [0.1, 0.15) is 33.3 Å². The molecule has 0 unspecified atom stereocenters. The monoisotopic (exact) mass is 460 g/mol. The Morgan fingerprint density at radius 2 is 1.85 bits per heavy atom. The lowest BCUT2D eigenvalue weighted by atomic mass is 9.98. The largest absolute Gasteiger partial charge is 0.490 e. The molecule has 3 heterocycles. The van der Waals surface area contributed by atoms with Crippen LogP contribution in [0, 0.1) is 6.92 Å². The van der Waals surface area contributed by atoms with E-state index in [2.05, 4.69) is 11.5 Å². The zero-order valence-corrected chi connectivity index (χ0v) is 19.3. The number of rotatable bonds is 7. The molecule has 0 saturated carbocycles. The number of hydrogen-bond acceptors (Lipinski definition) is 6. The van der Waals surface area contributed by atoms with Crippen molar-refractivity contribution >= 4 is 16.9 Å². The highest BCUT2D eigenvalue weighted by Gasteiger charge is 2.42. The lowest BCUT2D eigenvalue weighted by Gasteiger charge is -2.31. The van der Waals surface area contributed by atoms with E-state index in [1.165, 1.54) is 0 Å². The molecular formula is C27H28N2O5. The Morgan fingerprint density at radius 3 is 2.59 bits per heavy atom. The lowest BCUT2D eigenvalue weighted by molar-refractivity contribution is 0.0314. The Labute approximate surface area is 198 Å². The second kappa shape index (κ2) is 9.44. The molecule has 0 aliphatic carbocycles. The van der Waals surface area contributed by atoms with Gasteiger partial charge in [-0.1, -0.05) is 36.4 Å². The molecule has 2 aliphatic rings. The molecule has 1 atom stereocenters. The molecule has 1 fully saturated rings. The highest BCUT2D eigenvalue weighted by atomic mass is 16.5. The number of hydrogen-bond donors (Lipinski definition) is 0. The summed E-state index contributed by atoms with van der Waals surface area (Å²) in [4.78, 5) is 31.2. The molecule has 1 aromatic heterocycles. The standard InChI is InChI=1S/C27H28N2O5/c1-3-14-33-20-7-5-19(6-8-20)24-23-25(30)21-17-18(2)4-9-22(21)34-26(23)27(31)29(24)11-10-28-12-15-32-16-13-28/h3-9,17,24H,1,10-16H2,2H3/t24-/m0/s1. The summed E-state index contributed by atoms with van der Waals surface area (Å²) >= 11 is 0. The van der Waals surface area contributed by atoms with Gasteiger partial charge in [0.25, 0.3) is 5.91 Å². The summed E-state index contributed by atoms with van der Waals surface area (Å²) in [6.07, 6.45) is 1.69. The first-order valence-electron chi connectivity index (χ1n) is 11.6. The van der Waals surface area contributed by atoms with Crippen LogP contribution < -0.4 is 10.2 Å². The van der Waals surface area contributed by atoms with Gasteiger partial charge in [-0.3, -0.25) is 14.5 Å². The molecule has 1 amide bonds. The Bertz CT molecular complexity index is 1270. The smallest absolute Gasteiger partial charge is 0.290 e. The summed E-state index contributed by atoms with van der Waals surface area (Å²) in [6, 6.07) is 12.5. The van der Waals surface area contributed by atoms with Crippen LogP contribution in [0.3, 0.4) is 0 Å². The molecule has 7 heteroatoms. The fourth-order valence-corrected chi connectivity index (χ4v) is 4.69. The van der Waals surface area contributed by atoms with E-state index in [0.29, 0.717) is 55.2 Å². The van der Waals surface area contributed by atoms with Crippen molar-refractivity contribution in [2.75, 3.05) is 46.0 Å². The summed E-state index contributed by atoms with van der Waals surface area (Å²) in [7, 11) is 0. The molecule has 0 radical (unpaired) electrons. The molecule has 3 aromatic rings. The van der Waals surface area contributed by atoms with Crippen LogP contribution in [0.5, 0.6) is 5.75 Å². The number of fused-ring (bicyclic) bond motifs is 2. The van der Waals surface area contributed by atoms with Gasteiger partial charge in [-0.05, 0) is 36.8 Å². The van der Waals surface area contributed by atoms with Crippen LogP contribution in [0.15, 0.2) is 64.3 Å². The van der Waals surface area contributed by atoms with Crippen molar-refractivity contribution in [3.63, 3.8) is 0 Å². The van der Waals surface area contributed by atoms with Crippen molar-refractivity contribution in [3.8, 4) is 5.75 Å². The van der Waals surface area contributed by atoms with E-state index < -0.39 is 6.04 Å². The minimum Gasteiger partial charge on any atom is -0.490 e. The number of carbonyl (C=O) groups excluding carboxylic acids is 1. The summed E-state index contributed by atoms with van der Waals surface area (Å²) in [5.74, 6) is 0.592. The number of ether oxygens (including phenoxy) is 2. The lowest BCUT2D eigenvalue weighted by Crippen LogP contribution is -2.42. The van der Waals surface area contributed by atoms with Crippen LogP contribution in [-0.4, -0.2) is 61.7 Å². The Kier molecular flexibility index (Phi) is 6.22. The molecule has 0 N–H and O–H groups in total. The van der Waals surface area contributed by atoms with Crippen molar-refractivity contribution in [1.82, 2.24) is 9.80 Å². The molecule has 1 saturated heterocycles. The van der Waals surface area contributed by atoms with Crippen LogP contribution in [0.2, 0.25) is 0 Å². The van der Waals surface area contributed by atoms with Crippen molar-refractivity contribution in [2.24, 2.45) is 0 Å². The molecule has 5 rings (SSSR count). The van der Waals surface area contributed by atoms with Crippen molar-refractivity contribution in [1.29, 1.82) is 0 Å². The maximum atomic E-state index is 13.7. The highest BCUT2D eigenvalue weighted by Crippen LogP contribution is 2.38. The van der Waals surface area contributed by atoms with Crippen molar-refractivity contribution in [2.45, 2.75) is 13.0 Å². The predicted octanol–water partition coefficient (Wildman–Crippen LogP) is 3.54. The zero-order chi connectivity index (χ0) is 23.7. The minimum atomic E-state index is -0.516. The summed E-state index contributed by atoms with van der Waals surface area (Å²) in [5.41, 5.74) is 2.50. The van der Waals surface area contributed by atoms with Gasteiger partial charge in [-0.25, -0.2) is 0 Å². The minimum absolute atomic E-state index is 0.139. The molecule has 7 nitrogen and oxygen atoms in total. The topological polar surface area (TPSA) is 72.2 Å². The van der Waals surface area contributed by atoms with Gasteiger partial charge in [0, 0.05) is 26.2 Å². The first kappa shape index (κ1) is 22.4. The number of carbonyl (C=O) groups is 1. The molecule has 2 aliphatic heterocycles. The molecule has 34 heavy (non-hydrogen) atoms. The SMILES string of the molecule is C=CCOc1ccc([C@H]2c3c(oc4ccc(C)cc4c3=O)C(=O)N2CCN2CCOCC2)cc1. The van der Waals surface area contributed by atoms with Gasteiger partial charge in [0.1, 0.15) is 17.9 Å². The van der Waals surface area contributed by atoms with Gasteiger partial charge in [0.2, 0.25) is 5.76 Å². The predicted molar refractivity (Wildman–Crippen MR) is 129 cm³/mol. The van der Waals surface area contributed by atoms with Gasteiger partial charge in [-0.2, -0.15) is 0 Å². The normalized spacial score (nSPS) is 18.3. The van der Waals surface area contributed by atoms with Crippen molar-refractivity contribution in [3.05, 3.63) is 87.8 Å².